The minimum Gasteiger partial charge on any atom is -0.496 e. The van der Waals surface area contributed by atoms with Crippen LogP contribution < -0.4 is 15.8 Å². The number of carbonyl (C=O) groups excluding carboxylic acids is 2. The van der Waals surface area contributed by atoms with Crippen molar-refractivity contribution in [2.24, 2.45) is 0 Å². The molecule has 3 heterocycles. The van der Waals surface area contributed by atoms with Crippen LogP contribution in [0.25, 0.3) is 22.6 Å². The lowest BCUT2D eigenvalue weighted by Gasteiger charge is -2.27. The molecule has 0 aliphatic carbocycles. The average molecular weight is 607 g/mol. The minimum absolute atomic E-state index is 0.114. The molecule has 3 aromatic carbocycles. The fourth-order valence-electron chi connectivity index (χ4n) is 5.28. The van der Waals surface area contributed by atoms with Crippen molar-refractivity contribution >= 4 is 29.2 Å². The molecule has 0 radical (unpaired) electrons. The number of amides is 2. The summed E-state index contributed by atoms with van der Waals surface area (Å²) in [7, 11) is 1.43. The highest BCUT2D eigenvalue weighted by molar-refractivity contribution is 5.97. The number of ether oxygens (including phenoxy) is 2. The Kier molecular flexibility index (Phi) is 8.41. The second-order valence-electron chi connectivity index (χ2n) is 10.5. The van der Waals surface area contributed by atoms with E-state index in [9.17, 15) is 14.0 Å². The van der Waals surface area contributed by atoms with Crippen LogP contribution in [0.15, 0.2) is 91.1 Å². The molecule has 0 unspecified atom stereocenters. The van der Waals surface area contributed by atoms with Gasteiger partial charge in [-0.15, -0.1) is 0 Å². The summed E-state index contributed by atoms with van der Waals surface area (Å²) in [5, 5.41) is 2.81. The first kappa shape index (κ1) is 29.4. The van der Waals surface area contributed by atoms with Gasteiger partial charge in [-0.05, 0) is 48.2 Å². The first-order valence-electron chi connectivity index (χ1n) is 14.5. The molecule has 0 atom stereocenters. The number of nitrogen functional groups attached to an aromatic ring is 1. The summed E-state index contributed by atoms with van der Waals surface area (Å²) in [5.41, 5.74) is 10.9. The van der Waals surface area contributed by atoms with E-state index in [-0.39, 0.29) is 30.4 Å². The normalized spacial score (nSPS) is 12.9. The van der Waals surface area contributed by atoms with Crippen LogP contribution in [0, 0.1) is 5.82 Å². The highest BCUT2D eigenvalue weighted by Gasteiger charge is 2.28. The topological polar surface area (TPSA) is 124 Å². The zero-order valence-corrected chi connectivity index (χ0v) is 24.6. The Morgan fingerprint density at radius 1 is 1.02 bits per heavy atom. The second-order valence-corrected chi connectivity index (χ2v) is 10.5. The highest BCUT2D eigenvalue weighted by Crippen LogP contribution is 2.33. The van der Waals surface area contributed by atoms with Gasteiger partial charge in [-0.2, -0.15) is 0 Å². The number of allylic oxidation sites excluding steroid dienone is 1. The van der Waals surface area contributed by atoms with Crippen LogP contribution in [0.5, 0.6) is 5.75 Å². The van der Waals surface area contributed by atoms with Crippen molar-refractivity contribution < 1.29 is 23.5 Å². The zero-order valence-electron chi connectivity index (χ0n) is 24.6. The van der Waals surface area contributed by atoms with Crippen molar-refractivity contribution in [1.82, 2.24) is 24.6 Å². The number of hydrogen-bond acceptors (Lipinski definition) is 7. The second kappa shape index (κ2) is 12.9. The Morgan fingerprint density at radius 2 is 1.82 bits per heavy atom. The van der Waals surface area contributed by atoms with Crippen LogP contribution in [-0.4, -0.2) is 44.9 Å². The van der Waals surface area contributed by atoms with E-state index in [4.69, 9.17) is 20.2 Å². The van der Waals surface area contributed by atoms with E-state index in [0.29, 0.717) is 29.3 Å². The van der Waals surface area contributed by atoms with E-state index in [1.807, 2.05) is 66.7 Å². The summed E-state index contributed by atoms with van der Waals surface area (Å²) in [6.45, 7) is 0.872. The Balaban J connectivity index is 1.24. The number of halogens is 1. The van der Waals surface area contributed by atoms with E-state index in [0.717, 1.165) is 35.6 Å². The van der Waals surface area contributed by atoms with Gasteiger partial charge in [0.1, 0.15) is 29.7 Å². The Bertz CT molecular complexity index is 1890. The third-order valence-corrected chi connectivity index (χ3v) is 7.54. The molecule has 0 saturated heterocycles. The number of fused-ring (bicyclic) bond motifs is 1. The number of nitrogens with zero attached hydrogens (tertiary/aromatic N) is 4. The first-order valence-corrected chi connectivity index (χ1v) is 14.5. The van der Waals surface area contributed by atoms with Gasteiger partial charge in [-0.3, -0.25) is 14.1 Å². The summed E-state index contributed by atoms with van der Waals surface area (Å²) < 4.78 is 26.4. The number of methoxy groups -OCH3 is 1. The van der Waals surface area contributed by atoms with Crippen LogP contribution in [0.4, 0.5) is 15.1 Å². The quantitative estimate of drug-likeness (QED) is 0.228. The lowest BCUT2D eigenvalue weighted by Crippen LogP contribution is -2.33. The van der Waals surface area contributed by atoms with Gasteiger partial charge in [0.15, 0.2) is 0 Å². The number of aromatic nitrogens is 3. The van der Waals surface area contributed by atoms with Gasteiger partial charge in [-0.1, -0.05) is 60.7 Å². The van der Waals surface area contributed by atoms with Gasteiger partial charge >= 0.3 is 6.09 Å². The van der Waals surface area contributed by atoms with Crippen molar-refractivity contribution in [3.8, 4) is 17.1 Å². The van der Waals surface area contributed by atoms with Gasteiger partial charge in [0.25, 0.3) is 5.91 Å². The molecule has 1 aliphatic heterocycles. The molecule has 10 nitrogen and oxygen atoms in total. The van der Waals surface area contributed by atoms with E-state index >= 15 is 0 Å². The number of benzene rings is 3. The van der Waals surface area contributed by atoms with Crippen molar-refractivity contribution in [3.63, 3.8) is 0 Å². The maximum atomic E-state index is 13.7. The van der Waals surface area contributed by atoms with Crippen LogP contribution >= 0.6 is 0 Å². The fourth-order valence-corrected chi connectivity index (χ4v) is 5.28. The Morgan fingerprint density at radius 3 is 2.60 bits per heavy atom. The van der Waals surface area contributed by atoms with E-state index in [1.165, 1.54) is 19.2 Å². The molecule has 11 heteroatoms. The lowest BCUT2D eigenvalue weighted by atomic mass is 10.1. The molecule has 3 N–H and O–H groups in total. The summed E-state index contributed by atoms with van der Waals surface area (Å²) in [5.74, 6) is 0.104. The van der Waals surface area contributed by atoms with E-state index in [2.05, 4.69) is 10.3 Å². The number of hydrogen-bond donors (Lipinski definition) is 2. The number of anilines is 1. The van der Waals surface area contributed by atoms with Crippen LogP contribution in [-0.2, 0) is 17.9 Å². The Labute approximate surface area is 258 Å². The van der Waals surface area contributed by atoms with Gasteiger partial charge < -0.3 is 20.5 Å². The molecule has 5 aromatic rings. The third kappa shape index (κ3) is 6.19. The molecular formula is C34H31FN6O4. The summed E-state index contributed by atoms with van der Waals surface area (Å²) in [6.07, 6.45) is 4.75. The maximum Gasteiger partial charge on any atom is 0.414 e. The molecule has 0 fully saturated rings. The molecule has 0 spiro atoms. The molecule has 1 aliphatic rings. The van der Waals surface area contributed by atoms with Gasteiger partial charge in [0.2, 0.25) is 5.95 Å². The molecule has 0 bridgehead atoms. The average Bonchev–Trinajstić information content (AvgIpc) is 3.47. The molecule has 2 aromatic heterocycles. The number of imidazole rings is 1. The molecular weight excluding hydrogens is 575 g/mol. The molecule has 0 saturated carbocycles. The number of rotatable bonds is 8. The lowest BCUT2D eigenvalue weighted by molar-refractivity contribution is 0.0947. The molecule has 45 heavy (non-hydrogen) atoms. The molecule has 6 rings (SSSR count). The third-order valence-electron chi connectivity index (χ3n) is 7.54. The standard InChI is InChI=1S/C34H31FN6O4/c1-44-29-15-14-25(35)19-26(29)32(42)38-20-22-10-12-24(13-11-22)31-39-30(28-16-17-37-33(36)41(28)31)27-9-5-6-18-40(27)34(43)45-21-23-7-3-2-4-8-23/h2-4,7-17,19H,5-6,18,20-21H2,1H3,(H2,36,37)(H,38,42). The number of nitrogens with one attached hydrogen (secondary N) is 1. The summed E-state index contributed by atoms with van der Waals surface area (Å²) in [4.78, 5) is 36.9. The predicted octanol–water partition coefficient (Wildman–Crippen LogP) is 5.83. The van der Waals surface area contributed by atoms with Gasteiger partial charge in [-0.25, -0.2) is 19.2 Å². The summed E-state index contributed by atoms with van der Waals surface area (Å²) >= 11 is 0. The highest BCUT2D eigenvalue weighted by atomic mass is 19.1. The largest absolute Gasteiger partial charge is 0.496 e. The van der Waals surface area contributed by atoms with Crippen molar-refractivity contribution in [2.75, 3.05) is 19.4 Å². The molecule has 228 valence electrons. The van der Waals surface area contributed by atoms with Crippen LogP contribution in [0.2, 0.25) is 0 Å². The fraction of sp³-hybridized carbons (Fsp3) is 0.176. The van der Waals surface area contributed by atoms with Gasteiger partial charge in [0, 0.05) is 24.8 Å². The maximum absolute atomic E-state index is 13.7. The van der Waals surface area contributed by atoms with E-state index < -0.39 is 17.8 Å². The van der Waals surface area contributed by atoms with Crippen molar-refractivity contribution in [2.45, 2.75) is 26.0 Å². The smallest absolute Gasteiger partial charge is 0.414 e. The monoisotopic (exact) mass is 606 g/mol. The Hall–Kier alpha value is -5.71. The SMILES string of the molecule is COc1ccc(F)cc1C(=O)NCc1ccc(-c2nc(C3=CCCCN3C(=O)OCc3ccccc3)c3ccnc(N)n23)cc1. The van der Waals surface area contributed by atoms with Crippen molar-refractivity contribution in [1.29, 1.82) is 0 Å². The minimum atomic E-state index is -0.526. The van der Waals surface area contributed by atoms with Crippen LogP contribution in [0.1, 0.15) is 40.0 Å². The number of nitrogens with two attached hydrogens (primary N) is 1. The van der Waals surface area contributed by atoms with E-state index in [1.54, 1.807) is 15.5 Å². The van der Waals surface area contributed by atoms with Gasteiger partial charge in [0.05, 0.1) is 23.9 Å². The number of carbonyl (C=O) groups is 2. The summed E-state index contributed by atoms with van der Waals surface area (Å²) in [6, 6.07) is 22.6. The first-order chi connectivity index (χ1) is 21.9. The van der Waals surface area contributed by atoms with Crippen molar-refractivity contribution in [3.05, 3.63) is 119 Å². The predicted molar refractivity (Wildman–Crippen MR) is 168 cm³/mol. The van der Waals surface area contributed by atoms with Crippen LogP contribution in [0.3, 0.4) is 0 Å². The molecule has 2 amide bonds. The zero-order chi connectivity index (χ0) is 31.3.